The lowest BCUT2D eigenvalue weighted by molar-refractivity contribution is -0.121. The van der Waals surface area contributed by atoms with E-state index in [-0.39, 0.29) is 11.9 Å². The summed E-state index contributed by atoms with van der Waals surface area (Å²) in [4.78, 5) is 16.0. The number of carbonyl (C=O) groups is 1. The predicted octanol–water partition coefficient (Wildman–Crippen LogP) is 3.91. The number of aromatic amines is 1. The minimum absolute atomic E-state index is 0.0571. The van der Waals surface area contributed by atoms with Crippen LogP contribution in [0.5, 0.6) is 5.75 Å². The molecule has 0 unspecified atom stereocenters. The van der Waals surface area contributed by atoms with E-state index < -0.39 is 0 Å². The number of amides is 1. The number of fused-ring (bicyclic) bond motifs is 3. The molecule has 0 saturated heterocycles. The van der Waals surface area contributed by atoms with Crippen molar-refractivity contribution in [2.45, 2.75) is 31.7 Å². The van der Waals surface area contributed by atoms with Gasteiger partial charge < -0.3 is 15.0 Å². The largest absolute Gasteiger partial charge is 0.497 e. The van der Waals surface area contributed by atoms with E-state index >= 15 is 0 Å². The normalized spacial score (nSPS) is 16.4. The molecule has 1 aromatic heterocycles. The number of ether oxygens (including phenoxy) is 1. The van der Waals surface area contributed by atoms with E-state index in [0.717, 1.165) is 36.1 Å². The molecule has 1 aliphatic carbocycles. The van der Waals surface area contributed by atoms with Crippen molar-refractivity contribution in [2.24, 2.45) is 0 Å². The molecule has 0 radical (unpaired) electrons. The van der Waals surface area contributed by atoms with Crippen molar-refractivity contribution in [2.75, 3.05) is 7.11 Å². The Kier molecular flexibility index (Phi) is 4.18. The zero-order chi connectivity index (χ0) is 17.2. The fourth-order valence-electron chi connectivity index (χ4n) is 3.73. The van der Waals surface area contributed by atoms with Crippen LogP contribution >= 0.6 is 0 Å². The quantitative estimate of drug-likeness (QED) is 0.760. The molecule has 1 amide bonds. The van der Waals surface area contributed by atoms with Crippen LogP contribution in [0.4, 0.5) is 0 Å². The molecule has 0 fully saturated rings. The van der Waals surface area contributed by atoms with Gasteiger partial charge in [-0.1, -0.05) is 30.3 Å². The van der Waals surface area contributed by atoms with Gasteiger partial charge in [0.25, 0.3) is 0 Å². The third kappa shape index (κ3) is 3.12. The third-order valence-electron chi connectivity index (χ3n) is 4.97. The molecule has 1 heterocycles. The van der Waals surface area contributed by atoms with Crippen LogP contribution in [-0.2, 0) is 17.6 Å². The Labute approximate surface area is 147 Å². The van der Waals surface area contributed by atoms with Crippen LogP contribution in [0.3, 0.4) is 0 Å². The number of carbonyl (C=O) groups excluding carboxylic acids is 1. The van der Waals surface area contributed by atoms with Crippen LogP contribution < -0.4 is 10.1 Å². The minimum atomic E-state index is 0.0571. The number of methoxy groups -OCH3 is 1. The van der Waals surface area contributed by atoms with E-state index in [1.165, 1.54) is 16.6 Å². The average Bonchev–Trinajstić information content (AvgIpc) is 3.02. The van der Waals surface area contributed by atoms with Gasteiger partial charge in [0.1, 0.15) is 5.75 Å². The molecule has 4 rings (SSSR count). The van der Waals surface area contributed by atoms with Gasteiger partial charge in [-0.3, -0.25) is 4.79 Å². The highest BCUT2D eigenvalue weighted by molar-refractivity contribution is 5.85. The summed E-state index contributed by atoms with van der Waals surface area (Å²) in [6.07, 6.45) is 3.54. The Hall–Kier alpha value is -2.75. The Morgan fingerprint density at radius 1 is 1.20 bits per heavy atom. The highest BCUT2D eigenvalue weighted by Crippen LogP contribution is 2.34. The summed E-state index contributed by atoms with van der Waals surface area (Å²) in [6.45, 7) is 0. The standard InChI is InChI=1S/C21H22N2O2/c1-25-15-11-9-14(10-12-15)13-20(24)22-19-8-4-6-17-16-5-2-3-7-18(16)23-21(17)19/h2-3,5,7,9-12,19,23H,4,6,8,13H2,1H3,(H,22,24)/t19-/m1/s1. The summed E-state index contributed by atoms with van der Waals surface area (Å²) in [5.74, 6) is 0.862. The van der Waals surface area contributed by atoms with Crippen molar-refractivity contribution in [3.8, 4) is 5.75 Å². The van der Waals surface area contributed by atoms with Crippen LogP contribution in [0.2, 0.25) is 0 Å². The Morgan fingerprint density at radius 3 is 2.80 bits per heavy atom. The fraction of sp³-hybridized carbons (Fsp3) is 0.286. The van der Waals surface area contributed by atoms with E-state index in [2.05, 4.69) is 28.5 Å². The van der Waals surface area contributed by atoms with Crippen molar-refractivity contribution >= 4 is 16.8 Å². The zero-order valence-electron chi connectivity index (χ0n) is 14.3. The number of para-hydroxylation sites is 1. The second-order valence-electron chi connectivity index (χ2n) is 6.60. The topological polar surface area (TPSA) is 54.1 Å². The molecule has 0 bridgehead atoms. The molecule has 4 heteroatoms. The number of hydrogen-bond donors (Lipinski definition) is 2. The molecule has 1 aliphatic rings. The van der Waals surface area contributed by atoms with E-state index in [1.54, 1.807) is 7.11 Å². The number of aromatic nitrogens is 1. The average molecular weight is 334 g/mol. The molecule has 1 atom stereocenters. The summed E-state index contributed by atoms with van der Waals surface area (Å²) >= 11 is 0. The van der Waals surface area contributed by atoms with Crippen molar-refractivity contribution in [1.82, 2.24) is 10.3 Å². The van der Waals surface area contributed by atoms with Gasteiger partial charge >= 0.3 is 0 Å². The lowest BCUT2D eigenvalue weighted by Gasteiger charge is -2.24. The van der Waals surface area contributed by atoms with Crippen LogP contribution in [0.25, 0.3) is 10.9 Å². The van der Waals surface area contributed by atoms with E-state index in [4.69, 9.17) is 4.74 Å². The smallest absolute Gasteiger partial charge is 0.224 e. The maximum Gasteiger partial charge on any atom is 0.224 e. The van der Waals surface area contributed by atoms with Gasteiger partial charge in [0.2, 0.25) is 5.91 Å². The second-order valence-corrected chi connectivity index (χ2v) is 6.60. The summed E-state index contributed by atoms with van der Waals surface area (Å²) in [5.41, 5.74) is 4.68. The summed E-state index contributed by atoms with van der Waals surface area (Å²) in [5, 5.41) is 4.50. The maximum absolute atomic E-state index is 12.5. The molecule has 2 N–H and O–H groups in total. The van der Waals surface area contributed by atoms with Gasteiger partial charge in [-0.2, -0.15) is 0 Å². The van der Waals surface area contributed by atoms with Gasteiger partial charge in [0, 0.05) is 16.6 Å². The highest BCUT2D eigenvalue weighted by Gasteiger charge is 2.25. The molecule has 3 aromatic rings. The lowest BCUT2D eigenvalue weighted by atomic mass is 9.91. The van der Waals surface area contributed by atoms with Crippen molar-refractivity contribution in [3.63, 3.8) is 0 Å². The number of hydrogen-bond acceptors (Lipinski definition) is 2. The van der Waals surface area contributed by atoms with Crippen molar-refractivity contribution in [1.29, 1.82) is 0 Å². The molecular formula is C21H22N2O2. The molecule has 0 aliphatic heterocycles. The Morgan fingerprint density at radius 2 is 2.00 bits per heavy atom. The monoisotopic (exact) mass is 334 g/mol. The fourth-order valence-corrected chi connectivity index (χ4v) is 3.73. The third-order valence-corrected chi connectivity index (χ3v) is 4.97. The molecule has 2 aromatic carbocycles. The molecule has 0 saturated carbocycles. The Balaban J connectivity index is 1.50. The van der Waals surface area contributed by atoms with Gasteiger partial charge in [-0.15, -0.1) is 0 Å². The highest BCUT2D eigenvalue weighted by atomic mass is 16.5. The first-order valence-corrected chi connectivity index (χ1v) is 8.76. The maximum atomic E-state index is 12.5. The minimum Gasteiger partial charge on any atom is -0.497 e. The number of nitrogens with one attached hydrogen (secondary N) is 2. The van der Waals surface area contributed by atoms with Gasteiger partial charge in [0.05, 0.1) is 19.6 Å². The zero-order valence-corrected chi connectivity index (χ0v) is 14.3. The first-order chi connectivity index (χ1) is 12.2. The molecule has 128 valence electrons. The summed E-state index contributed by atoms with van der Waals surface area (Å²) in [7, 11) is 1.64. The Bertz CT molecular complexity index is 896. The second kappa shape index (κ2) is 6.63. The number of aryl methyl sites for hydroxylation is 1. The molecule has 25 heavy (non-hydrogen) atoms. The van der Waals surface area contributed by atoms with E-state index in [1.807, 2.05) is 30.3 Å². The van der Waals surface area contributed by atoms with Gasteiger partial charge in [-0.05, 0) is 48.6 Å². The van der Waals surface area contributed by atoms with E-state index in [9.17, 15) is 4.79 Å². The van der Waals surface area contributed by atoms with Crippen molar-refractivity contribution in [3.05, 3.63) is 65.4 Å². The number of benzene rings is 2. The van der Waals surface area contributed by atoms with Gasteiger partial charge in [-0.25, -0.2) is 0 Å². The van der Waals surface area contributed by atoms with E-state index in [0.29, 0.717) is 6.42 Å². The summed E-state index contributed by atoms with van der Waals surface area (Å²) < 4.78 is 5.16. The number of H-pyrrole nitrogens is 1. The van der Waals surface area contributed by atoms with Crippen LogP contribution in [0.15, 0.2) is 48.5 Å². The molecule has 4 nitrogen and oxygen atoms in total. The SMILES string of the molecule is COc1ccc(CC(=O)N[C@@H]2CCCc3c2[nH]c2ccccc32)cc1. The predicted molar refractivity (Wildman–Crippen MR) is 98.8 cm³/mol. The van der Waals surface area contributed by atoms with Crippen molar-refractivity contribution < 1.29 is 9.53 Å². The molecule has 0 spiro atoms. The summed E-state index contributed by atoms with van der Waals surface area (Å²) in [6, 6.07) is 16.1. The van der Waals surface area contributed by atoms with Crippen LogP contribution in [0, 0.1) is 0 Å². The van der Waals surface area contributed by atoms with Crippen LogP contribution in [0.1, 0.15) is 35.7 Å². The number of rotatable bonds is 4. The first-order valence-electron chi connectivity index (χ1n) is 8.76. The van der Waals surface area contributed by atoms with Crippen LogP contribution in [-0.4, -0.2) is 18.0 Å². The molecular weight excluding hydrogens is 312 g/mol. The lowest BCUT2D eigenvalue weighted by Crippen LogP contribution is -2.32. The first kappa shape index (κ1) is 15.8. The van der Waals surface area contributed by atoms with Gasteiger partial charge in [0.15, 0.2) is 0 Å².